The highest BCUT2D eigenvalue weighted by Gasteiger charge is 2.06. The third kappa shape index (κ3) is 3.77. The first-order valence-corrected chi connectivity index (χ1v) is 7.27. The molecule has 18 heavy (non-hydrogen) atoms. The van der Waals surface area contributed by atoms with E-state index in [0.29, 0.717) is 5.92 Å². The van der Waals surface area contributed by atoms with Gasteiger partial charge in [0.25, 0.3) is 0 Å². The molecule has 1 unspecified atom stereocenters. The third-order valence-corrected chi connectivity index (χ3v) is 3.83. The molecule has 0 aliphatic heterocycles. The first-order chi connectivity index (χ1) is 8.65. The van der Waals surface area contributed by atoms with Crippen LogP contribution in [0.5, 0.6) is 0 Å². The van der Waals surface area contributed by atoms with Gasteiger partial charge in [-0.05, 0) is 24.5 Å². The van der Waals surface area contributed by atoms with E-state index in [1.165, 1.54) is 4.70 Å². The van der Waals surface area contributed by atoms with E-state index in [4.69, 9.17) is 5.73 Å². The van der Waals surface area contributed by atoms with E-state index in [2.05, 4.69) is 42.3 Å². The van der Waals surface area contributed by atoms with Crippen LogP contribution in [0.25, 0.3) is 10.2 Å². The number of nitrogens with zero attached hydrogens (tertiary/aromatic N) is 1. The largest absolute Gasteiger partial charge is 0.327 e. The number of hydrogen-bond acceptors (Lipinski definition) is 4. The molecule has 1 aromatic heterocycles. The van der Waals surface area contributed by atoms with Crippen molar-refractivity contribution >= 4 is 21.6 Å². The summed E-state index contributed by atoms with van der Waals surface area (Å²) in [4.78, 5) is 4.59. The Morgan fingerprint density at radius 3 is 2.83 bits per heavy atom. The molecule has 3 nitrogen and oxygen atoms in total. The average Bonchev–Trinajstić information content (AvgIpc) is 2.70. The number of hydrogen-bond donors (Lipinski definition) is 2. The van der Waals surface area contributed by atoms with Gasteiger partial charge in [0.1, 0.15) is 5.01 Å². The van der Waals surface area contributed by atoms with Crippen molar-refractivity contribution in [3.8, 4) is 0 Å². The SMILES string of the molecule is CC(C)CC(N)CNCc1nc2ccccc2s1. The van der Waals surface area contributed by atoms with Crippen LogP contribution in [0.3, 0.4) is 0 Å². The van der Waals surface area contributed by atoms with Gasteiger partial charge in [0.15, 0.2) is 0 Å². The van der Waals surface area contributed by atoms with Crippen LogP contribution in [0, 0.1) is 5.92 Å². The van der Waals surface area contributed by atoms with Gasteiger partial charge in [-0.25, -0.2) is 4.98 Å². The Kier molecular flexibility index (Phi) is 4.69. The van der Waals surface area contributed by atoms with Gasteiger partial charge in [0.2, 0.25) is 0 Å². The maximum absolute atomic E-state index is 6.03. The molecule has 1 atom stereocenters. The van der Waals surface area contributed by atoms with Crippen molar-refractivity contribution in [1.29, 1.82) is 0 Å². The van der Waals surface area contributed by atoms with Crippen molar-refractivity contribution in [3.63, 3.8) is 0 Å². The zero-order chi connectivity index (χ0) is 13.0. The Labute approximate surface area is 112 Å². The first kappa shape index (κ1) is 13.5. The van der Waals surface area contributed by atoms with Crippen LogP contribution in [-0.2, 0) is 6.54 Å². The van der Waals surface area contributed by atoms with Gasteiger partial charge < -0.3 is 11.1 Å². The maximum Gasteiger partial charge on any atom is 0.108 e. The molecule has 0 fully saturated rings. The van der Waals surface area contributed by atoms with Crippen molar-refractivity contribution in [3.05, 3.63) is 29.3 Å². The zero-order valence-corrected chi connectivity index (χ0v) is 11.8. The molecule has 0 radical (unpaired) electrons. The molecule has 98 valence electrons. The first-order valence-electron chi connectivity index (χ1n) is 6.46. The predicted octanol–water partition coefficient (Wildman–Crippen LogP) is 2.76. The summed E-state index contributed by atoms with van der Waals surface area (Å²) in [6, 6.07) is 8.48. The van der Waals surface area contributed by atoms with E-state index in [1.54, 1.807) is 11.3 Å². The molecule has 0 saturated carbocycles. The zero-order valence-electron chi connectivity index (χ0n) is 11.0. The van der Waals surface area contributed by atoms with Gasteiger partial charge in [-0.2, -0.15) is 0 Å². The fourth-order valence-electron chi connectivity index (χ4n) is 2.05. The van der Waals surface area contributed by atoms with Gasteiger partial charge in [-0.3, -0.25) is 0 Å². The number of thiazole rings is 1. The molecule has 0 aliphatic carbocycles. The highest BCUT2D eigenvalue weighted by molar-refractivity contribution is 7.18. The van der Waals surface area contributed by atoms with E-state index in [-0.39, 0.29) is 6.04 Å². The number of para-hydroxylation sites is 1. The topological polar surface area (TPSA) is 50.9 Å². The maximum atomic E-state index is 6.03. The number of aromatic nitrogens is 1. The van der Waals surface area contributed by atoms with Gasteiger partial charge in [-0.15, -0.1) is 11.3 Å². The van der Waals surface area contributed by atoms with E-state index >= 15 is 0 Å². The van der Waals surface area contributed by atoms with Gasteiger partial charge in [0, 0.05) is 19.1 Å². The summed E-state index contributed by atoms with van der Waals surface area (Å²) in [5, 5.41) is 4.52. The second kappa shape index (κ2) is 6.27. The van der Waals surface area contributed by atoms with Crippen LogP contribution >= 0.6 is 11.3 Å². The van der Waals surface area contributed by atoms with Crippen LogP contribution in [0.4, 0.5) is 0 Å². The fourth-order valence-corrected chi connectivity index (χ4v) is 2.99. The van der Waals surface area contributed by atoms with Crippen molar-refractivity contribution in [2.75, 3.05) is 6.54 Å². The molecule has 1 aromatic carbocycles. The molecular weight excluding hydrogens is 242 g/mol. The molecule has 0 bridgehead atoms. The summed E-state index contributed by atoms with van der Waals surface area (Å²) in [6.07, 6.45) is 1.06. The van der Waals surface area contributed by atoms with E-state index in [9.17, 15) is 0 Å². The van der Waals surface area contributed by atoms with Crippen LogP contribution in [0.1, 0.15) is 25.3 Å². The Bertz CT molecular complexity index is 459. The predicted molar refractivity (Wildman–Crippen MR) is 78.8 cm³/mol. The van der Waals surface area contributed by atoms with E-state index in [1.807, 2.05) is 6.07 Å². The Hall–Kier alpha value is -0.970. The smallest absolute Gasteiger partial charge is 0.108 e. The summed E-state index contributed by atoms with van der Waals surface area (Å²) in [6.45, 7) is 6.07. The summed E-state index contributed by atoms with van der Waals surface area (Å²) in [7, 11) is 0. The van der Waals surface area contributed by atoms with Crippen LogP contribution in [-0.4, -0.2) is 17.6 Å². The van der Waals surface area contributed by atoms with Crippen LogP contribution < -0.4 is 11.1 Å². The van der Waals surface area contributed by atoms with Crippen LogP contribution in [0.2, 0.25) is 0 Å². The number of nitrogens with one attached hydrogen (secondary N) is 1. The Balaban J connectivity index is 1.83. The van der Waals surface area contributed by atoms with Crippen molar-refractivity contribution in [2.24, 2.45) is 11.7 Å². The molecule has 1 heterocycles. The minimum atomic E-state index is 0.236. The monoisotopic (exact) mass is 263 g/mol. The number of rotatable bonds is 6. The molecule has 2 rings (SSSR count). The fraction of sp³-hybridized carbons (Fsp3) is 0.500. The van der Waals surface area contributed by atoms with Crippen molar-refractivity contribution in [1.82, 2.24) is 10.3 Å². The Morgan fingerprint density at radius 2 is 2.11 bits per heavy atom. The lowest BCUT2D eigenvalue weighted by Crippen LogP contribution is -2.34. The Morgan fingerprint density at radius 1 is 1.33 bits per heavy atom. The summed E-state index contributed by atoms with van der Waals surface area (Å²) in [5.41, 5.74) is 7.12. The highest BCUT2D eigenvalue weighted by atomic mass is 32.1. The number of benzene rings is 1. The lowest BCUT2D eigenvalue weighted by molar-refractivity contribution is 0.467. The van der Waals surface area contributed by atoms with Gasteiger partial charge in [-0.1, -0.05) is 26.0 Å². The quantitative estimate of drug-likeness (QED) is 0.842. The number of nitrogens with two attached hydrogens (primary N) is 1. The lowest BCUT2D eigenvalue weighted by atomic mass is 10.0. The van der Waals surface area contributed by atoms with Crippen LogP contribution in [0.15, 0.2) is 24.3 Å². The summed E-state index contributed by atoms with van der Waals surface area (Å²) < 4.78 is 1.25. The molecule has 0 aliphatic rings. The minimum absolute atomic E-state index is 0.236. The number of fused-ring (bicyclic) bond motifs is 1. The van der Waals surface area contributed by atoms with Gasteiger partial charge >= 0.3 is 0 Å². The lowest BCUT2D eigenvalue weighted by Gasteiger charge is -2.14. The average molecular weight is 263 g/mol. The van der Waals surface area contributed by atoms with E-state index < -0.39 is 0 Å². The molecule has 0 amide bonds. The van der Waals surface area contributed by atoms with E-state index in [0.717, 1.165) is 30.0 Å². The standard InChI is InChI=1S/C14H21N3S/c1-10(2)7-11(15)8-16-9-14-17-12-5-3-4-6-13(12)18-14/h3-6,10-11,16H,7-9,15H2,1-2H3. The highest BCUT2D eigenvalue weighted by Crippen LogP contribution is 2.21. The molecule has 3 N–H and O–H groups in total. The van der Waals surface area contributed by atoms with Gasteiger partial charge in [0.05, 0.1) is 10.2 Å². The third-order valence-electron chi connectivity index (χ3n) is 2.80. The second-order valence-electron chi connectivity index (χ2n) is 5.10. The van der Waals surface area contributed by atoms with Crippen molar-refractivity contribution < 1.29 is 0 Å². The second-order valence-corrected chi connectivity index (χ2v) is 6.21. The summed E-state index contributed by atoms with van der Waals surface area (Å²) in [5.74, 6) is 0.657. The summed E-state index contributed by atoms with van der Waals surface area (Å²) >= 11 is 1.75. The molecule has 0 saturated heterocycles. The minimum Gasteiger partial charge on any atom is -0.327 e. The molecule has 4 heteroatoms. The normalized spacial score (nSPS) is 13.3. The van der Waals surface area contributed by atoms with Crippen molar-refractivity contribution in [2.45, 2.75) is 32.9 Å². The molecule has 0 spiro atoms. The molecular formula is C14H21N3S. The molecule has 2 aromatic rings.